The van der Waals surface area contributed by atoms with Crippen LogP contribution in [-0.4, -0.2) is 18.6 Å². The predicted octanol–water partition coefficient (Wildman–Crippen LogP) is 3.81. The molecule has 20 heavy (non-hydrogen) atoms. The molecule has 3 heteroatoms. The van der Waals surface area contributed by atoms with Crippen LogP contribution in [0.3, 0.4) is 0 Å². The summed E-state index contributed by atoms with van der Waals surface area (Å²) in [6.45, 7) is 7.93. The van der Waals surface area contributed by atoms with E-state index in [9.17, 15) is 0 Å². The predicted molar refractivity (Wildman–Crippen MR) is 82.9 cm³/mol. The van der Waals surface area contributed by atoms with Gasteiger partial charge < -0.3 is 10.1 Å². The van der Waals surface area contributed by atoms with E-state index in [0.717, 1.165) is 24.1 Å². The van der Waals surface area contributed by atoms with Crippen LogP contribution in [0.25, 0.3) is 0 Å². The summed E-state index contributed by atoms with van der Waals surface area (Å²) in [6.07, 6.45) is 7.66. The van der Waals surface area contributed by atoms with Crippen molar-refractivity contribution < 1.29 is 4.74 Å². The third-order valence-corrected chi connectivity index (χ3v) is 4.48. The lowest BCUT2D eigenvalue weighted by Crippen LogP contribution is -2.33. The quantitative estimate of drug-likeness (QED) is 0.888. The Hall–Kier alpha value is -1.09. The van der Waals surface area contributed by atoms with Crippen LogP contribution in [-0.2, 0) is 0 Å². The topological polar surface area (TPSA) is 34.2 Å². The molecular weight excluding hydrogens is 248 g/mol. The van der Waals surface area contributed by atoms with Crippen LogP contribution in [0.1, 0.15) is 51.6 Å². The standard InChI is InChI=1S/C17H28N2O/c1-5-19-17(14-9-12(2)8-13(3)10-14)15-6-7-18-11-16(15)20-4/h6-7,11-14,17,19H,5,8-10H2,1-4H3. The van der Waals surface area contributed by atoms with E-state index >= 15 is 0 Å². The third-order valence-electron chi connectivity index (χ3n) is 4.48. The van der Waals surface area contributed by atoms with E-state index in [1.807, 2.05) is 12.4 Å². The summed E-state index contributed by atoms with van der Waals surface area (Å²) in [5.74, 6) is 3.23. The number of hydrogen-bond donors (Lipinski definition) is 1. The molecular formula is C17H28N2O. The van der Waals surface area contributed by atoms with Gasteiger partial charge in [-0.3, -0.25) is 4.98 Å². The van der Waals surface area contributed by atoms with Crippen molar-refractivity contribution in [2.24, 2.45) is 17.8 Å². The Morgan fingerprint density at radius 3 is 2.60 bits per heavy atom. The fraction of sp³-hybridized carbons (Fsp3) is 0.706. The maximum atomic E-state index is 5.51. The fourth-order valence-corrected chi connectivity index (χ4v) is 3.85. The van der Waals surface area contributed by atoms with Gasteiger partial charge in [-0.25, -0.2) is 0 Å². The Bertz CT molecular complexity index is 411. The minimum atomic E-state index is 0.378. The number of pyridine rings is 1. The van der Waals surface area contributed by atoms with Crippen molar-refractivity contribution in [3.8, 4) is 5.75 Å². The minimum absolute atomic E-state index is 0.378. The number of hydrogen-bond acceptors (Lipinski definition) is 3. The third kappa shape index (κ3) is 3.51. The molecule has 112 valence electrons. The number of nitrogens with one attached hydrogen (secondary N) is 1. The van der Waals surface area contributed by atoms with Crippen LogP contribution in [0.4, 0.5) is 0 Å². The second kappa shape index (κ2) is 7.07. The van der Waals surface area contributed by atoms with Crippen molar-refractivity contribution in [2.75, 3.05) is 13.7 Å². The lowest BCUT2D eigenvalue weighted by Gasteiger charge is -2.37. The van der Waals surface area contributed by atoms with Crippen molar-refractivity contribution in [2.45, 2.75) is 46.1 Å². The summed E-state index contributed by atoms with van der Waals surface area (Å²) in [7, 11) is 1.73. The molecule has 3 nitrogen and oxygen atoms in total. The minimum Gasteiger partial charge on any atom is -0.495 e. The molecule has 0 bridgehead atoms. The molecule has 1 aromatic rings. The van der Waals surface area contributed by atoms with Gasteiger partial charge in [0.25, 0.3) is 0 Å². The number of nitrogens with zero attached hydrogens (tertiary/aromatic N) is 1. The van der Waals surface area contributed by atoms with Gasteiger partial charge in [0.15, 0.2) is 0 Å². The molecule has 0 spiro atoms. The first-order chi connectivity index (χ1) is 9.65. The molecule has 0 aromatic carbocycles. The Labute approximate surface area is 123 Å². The van der Waals surface area contributed by atoms with E-state index in [0.29, 0.717) is 12.0 Å². The summed E-state index contributed by atoms with van der Waals surface area (Å²) < 4.78 is 5.51. The van der Waals surface area contributed by atoms with Crippen LogP contribution in [0.15, 0.2) is 18.5 Å². The lowest BCUT2D eigenvalue weighted by molar-refractivity contribution is 0.175. The average molecular weight is 276 g/mol. The Morgan fingerprint density at radius 1 is 1.30 bits per heavy atom. The molecule has 1 aromatic heterocycles. The molecule has 1 fully saturated rings. The van der Waals surface area contributed by atoms with E-state index < -0.39 is 0 Å². The highest BCUT2D eigenvalue weighted by Gasteiger charge is 2.31. The lowest BCUT2D eigenvalue weighted by atomic mass is 9.72. The molecule has 0 radical (unpaired) electrons. The maximum Gasteiger partial charge on any atom is 0.141 e. The van der Waals surface area contributed by atoms with Gasteiger partial charge in [0, 0.05) is 17.8 Å². The number of ether oxygens (including phenoxy) is 1. The summed E-state index contributed by atoms with van der Waals surface area (Å²) in [4.78, 5) is 4.18. The first-order valence-electron chi connectivity index (χ1n) is 7.86. The van der Waals surface area contributed by atoms with Gasteiger partial charge in [-0.2, -0.15) is 0 Å². The van der Waals surface area contributed by atoms with E-state index in [2.05, 4.69) is 37.1 Å². The molecule has 1 aliphatic carbocycles. The van der Waals surface area contributed by atoms with E-state index in [4.69, 9.17) is 4.74 Å². The van der Waals surface area contributed by atoms with Crippen molar-refractivity contribution in [1.29, 1.82) is 0 Å². The van der Waals surface area contributed by atoms with Crippen LogP contribution in [0.2, 0.25) is 0 Å². The van der Waals surface area contributed by atoms with Gasteiger partial charge in [-0.05, 0) is 49.6 Å². The summed E-state index contributed by atoms with van der Waals surface area (Å²) in [5.41, 5.74) is 1.26. The Balaban J connectivity index is 2.25. The van der Waals surface area contributed by atoms with Crippen molar-refractivity contribution in [1.82, 2.24) is 10.3 Å². The van der Waals surface area contributed by atoms with Gasteiger partial charge in [0.1, 0.15) is 5.75 Å². The molecule has 0 amide bonds. The molecule has 1 aliphatic rings. The van der Waals surface area contributed by atoms with Crippen molar-refractivity contribution in [3.63, 3.8) is 0 Å². The summed E-state index contributed by atoms with van der Waals surface area (Å²) >= 11 is 0. The molecule has 2 rings (SSSR count). The zero-order valence-corrected chi connectivity index (χ0v) is 13.2. The molecule has 3 atom stereocenters. The van der Waals surface area contributed by atoms with Crippen LogP contribution >= 0.6 is 0 Å². The maximum absolute atomic E-state index is 5.51. The van der Waals surface area contributed by atoms with E-state index in [1.54, 1.807) is 7.11 Å². The summed E-state index contributed by atoms with van der Waals surface area (Å²) in [5, 5.41) is 3.68. The van der Waals surface area contributed by atoms with Gasteiger partial charge in [0.2, 0.25) is 0 Å². The molecule has 1 saturated carbocycles. The van der Waals surface area contributed by atoms with Crippen molar-refractivity contribution in [3.05, 3.63) is 24.0 Å². The first-order valence-corrected chi connectivity index (χ1v) is 7.86. The smallest absolute Gasteiger partial charge is 0.141 e. The molecule has 0 saturated heterocycles. The second-order valence-corrected chi connectivity index (χ2v) is 6.33. The SMILES string of the molecule is CCNC(c1ccncc1OC)C1CC(C)CC(C)C1. The second-order valence-electron chi connectivity index (χ2n) is 6.33. The van der Waals surface area contributed by atoms with Gasteiger partial charge in [-0.1, -0.05) is 20.8 Å². The van der Waals surface area contributed by atoms with Crippen LogP contribution in [0.5, 0.6) is 5.75 Å². The van der Waals surface area contributed by atoms with E-state index in [-0.39, 0.29) is 0 Å². The molecule has 1 heterocycles. The zero-order chi connectivity index (χ0) is 14.5. The highest BCUT2D eigenvalue weighted by Crippen LogP contribution is 2.41. The fourth-order valence-electron chi connectivity index (χ4n) is 3.85. The average Bonchev–Trinajstić information content (AvgIpc) is 2.43. The normalized spacial score (nSPS) is 28.1. The first kappa shape index (κ1) is 15.3. The van der Waals surface area contributed by atoms with Crippen LogP contribution in [0, 0.1) is 17.8 Å². The Kier molecular flexibility index (Phi) is 5.41. The summed E-state index contributed by atoms with van der Waals surface area (Å²) in [6, 6.07) is 2.49. The van der Waals surface area contributed by atoms with Gasteiger partial charge in [0.05, 0.1) is 13.3 Å². The van der Waals surface area contributed by atoms with E-state index in [1.165, 1.54) is 24.8 Å². The van der Waals surface area contributed by atoms with Crippen LogP contribution < -0.4 is 10.1 Å². The molecule has 1 N–H and O–H groups in total. The highest BCUT2D eigenvalue weighted by atomic mass is 16.5. The largest absolute Gasteiger partial charge is 0.495 e. The van der Waals surface area contributed by atoms with Gasteiger partial charge >= 0.3 is 0 Å². The highest BCUT2D eigenvalue weighted by molar-refractivity contribution is 5.33. The monoisotopic (exact) mass is 276 g/mol. The number of methoxy groups -OCH3 is 1. The zero-order valence-electron chi connectivity index (χ0n) is 13.2. The van der Waals surface area contributed by atoms with Crippen molar-refractivity contribution >= 4 is 0 Å². The number of rotatable bonds is 5. The van der Waals surface area contributed by atoms with Gasteiger partial charge in [-0.15, -0.1) is 0 Å². The molecule has 0 aliphatic heterocycles. The Morgan fingerprint density at radius 2 is 2.00 bits per heavy atom. The number of aromatic nitrogens is 1. The molecule has 3 unspecified atom stereocenters.